The third-order valence-corrected chi connectivity index (χ3v) is 2.19. The fraction of sp³-hybridized carbons (Fsp3) is 0.833. The standard InChI is InChI=1S/C12H23NO4/c1-12(2,3)17-11(16)9(10(14)15)7-5-4-6-8-13/h9H,4-8,13H2,1-3H3,(H,14,15)/t9-/m1/s1. The van der Waals surface area contributed by atoms with Crippen LogP contribution in [0.2, 0.25) is 0 Å². The van der Waals surface area contributed by atoms with Gasteiger partial charge in [0.2, 0.25) is 0 Å². The monoisotopic (exact) mass is 245 g/mol. The molecule has 0 saturated heterocycles. The van der Waals surface area contributed by atoms with Gasteiger partial charge in [-0.05, 0) is 40.2 Å². The lowest BCUT2D eigenvalue weighted by Crippen LogP contribution is -2.32. The summed E-state index contributed by atoms with van der Waals surface area (Å²) >= 11 is 0. The minimum atomic E-state index is -1.12. The van der Waals surface area contributed by atoms with Crippen LogP contribution in [0, 0.1) is 5.92 Å². The van der Waals surface area contributed by atoms with Crippen LogP contribution in [0.5, 0.6) is 0 Å². The molecule has 0 fully saturated rings. The van der Waals surface area contributed by atoms with Crippen molar-refractivity contribution in [3.05, 3.63) is 0 Å². The number of hydrogen-bond donors (Lipinski definition) is 2. The number of nitrogens with two attached hydrogens (primary N) is 1. The van der Waals surface area contributed by atoms with E-state index in [9.17, 15) is 9.59 Å². The number of unbranched alkanes of at least 4 members (excludes halogenated alkanes) is 2. The zero-order valence-electron chi connectivity index (χ0n) is 10.9. The molecular formula is C12H23NO4. The summed E-state index contributed by atoms with van der Waals surface area (Å²) in [6.45, 7) is 5.75. The van der Waals surface area contributed by atoms with Gasteiger partial charge in [0.15, 0.2) is 5.92 Å². The topological polar surface area (TPSA) is 89.6 Å². The van der Waals surface area contributed by atoms with E-state index in [0.717, 1.165) is 12.8 Å². The number of carboxylic acids is 1. The maximum Gasteiger partial charge on any atom is 0.320 e. The van der Waals surface area contributed by atoms with Gasteiger partial charge < -0.3 is 15.6 Å². The van der Waals surface area contributed by atoms with Crippen LogP contribution in [0.25, 0.3) is 0 Å². The van der Waals surface area contributed by atoms with Crippen molar-refractivity contribution < 1.29 is 19.4 Å². The molecular weight excluding hydrogens is 222 g/mol. The predicted octanol–water partition coefficient (Wildman–Crippen LogP) is 1.55. The average Bonchev–Trinajstić information content (AvgIpc) is 2.14. The molecule has 0 radical (unpaired) electrons. The van der Waals surface area contributed by atoms with Crippen molar-refractivity contribution in [1.82, 2.24) is 0 Å². The minimum absolute atomic E-state index is 0.310. The van der Waals surface area contributed by atoms with E-state index in [0.29, 0.717) is 19.4 Å². The Labute approximate surface area is 102 Å². The SMILES string of the molecule is CC(C)(C)OC(=O)[C@H](CCCCCN)C(=O)O. The largest absolute Gasteiger partial charge is 0.481 e. The van der Waals surface area contributed by atoms with Crippen molar-refractivity contribution in [2.24, 2.45) is 11.7 Å². The van der Waals surface area contributed by atoms with Crippen molar-refractivity contribution in [2.75, 3.05) is 6.54 Å². The number of esters is 1. The number of carboxylic acid groups (broad SMARTS) is 1. The fourth-order valence-corrected chi connectivity index (χ4v) is 1.38. The molecule has 0 rings (SSSR count). The molecule has 3 N–H and O–H groups in total. The Hall–Kier alpha value is -1.10. The molecule has 0 aromatic rings. The predicted molar refractivity (Wildman–Crippen MR) is 64.5 cm³/mol. The van der Waals surface area contributed by atoms with Gasteiger partial charge in [-0.2, -0.15) is 0 Å². The third-order valence-electron chi connectivity index (χ3n) is 2.19. The summed E-state index contributed by atoms with van der Waals surface area (Å²) in [5, 5.41) is 8.97. The molecule has 0 amide bonds. The summed E-state index contributed by atoms with van der Waals surface area (Å²) in [4.78, 5) is 22.6. The third kappa shape index (κ3) is 7.74. The lowest BCUT2D eigenvalue weighted by molar-refractivity contribution is -0.167. The van der Waals surface area contributed by atoms with Crippen LogP contribution in [0.4, 0.5) is 0 Å². The molecule has 100 valence electrons. The maximum atomic E-state index is 11.6. The average molecular weight is 245 g/mol. The summed E-state index contributed by atoms with van der Waals surface area (Å²) in [7, 11) is 0. The molecule has 0 aromatic heterocycles. The van der Waals surface area contributed by atoms with Gasteiger partial charge in [0.1, 0.15) is 5.60 Å². The summed E-state index contributed by atoms with van der Waals surface area (Å²) in [5.74, 6) is -2.84. The zero-order chi connectivity index (χ0) is 13.5. The highest BCUT2D eigenvalue weighted by molar-refractivity contribution is 5.94. The van der Waals surface area contributed by atoms with E-state index < -0.39 is 23.5 Å². The second kappa shape index (κ2) is 7.27. The van der Waals surface area contributed by atoms with Gasteiger partial charge >= 0.3 is 11.9 Å². The summed E-state index contributed by atoms with van der Waals surface area (Å²) in [6, 6.07) is 0. The molecule has 0 unspecified atom stereocenters. The number of ether oxygens (including phenoxy) is 1. The van der Waals surface area contributed by atoms with Crippen LogP contribution in [0.3, 0.4) is 0 Å². The molecule has 1 atom stereocenters. The van der Waals surface area contributed by atoms with E-state index in [2.05, 4.69) is 0 Å². The number of carbonyl (C=O) groups is 2. The molecule has 5 nitrogen and oxygen atoms in total. The van der Waals surface area contributed by atoms with Gasteiger partial charge in [0.05, 0.1) is 0 Å². The smallest absolute Gasteiger partial charge is 0.320 e. The Bertz CT molecular complexity index is 258. The van der Waals surface area contributed by atoms with Crippen molar-refractivity contribution in [1.29, 1.82) is 0 Å². The van der Waals surface area contributed by atoms with Gasteiger partial charge in [0.25, 0.3) is 0 Å². The van der Waals surface area contributed by atoms with E-state index in [-0.39, 0.29) is 0 Å². The first-order valence-electron chi connectivity index (χ1n) is 5.93. The molecule has 0 aliphatic rings. The van der Waals surface area contributed by atoms with E-state index in [4.69, 9.17) is 15.6 Å². The number of rotatable bonds is 7. The van der Waals surface area contributed by atoms with Crippen LogP contribution < -0.4 is 5.73 Å². The molecule has 0 aliphatic heterocycles. The molecule has 0 aromatic carbocycles. The quantitative estimate of drug-likeness (QED) is 0.403. The van der Waals surface area contributed by atoms with Crippen LogP contribution in [-0.4, -0.2) is 29.2 Å². The Morgan fingerprint density at radius 3 is 2.24 bits per heavy atom. The lowest BCUT2D eigenvalue weighted by atomic mass is 10.0. The lowest BCUT2D eigenvalue weighted by Gasteiger charge is -2.22. The molecule has 5 heteroatoms. The highest BCUT2D eigenvalue weighted by Gasteiger charge is 2.30. The molecule has 0 spiro atoms. The first kappa shape index (κ1) is 15.9. The molecule has 0 aliphatic carbocycles. The van der Waals surface area contributed by atoms with E-state index in [1.807, 2.05) is 0 Å². The van der Waals surface area contributed by atoms with Crippen molar-refractivity contribution in [3.63, 3.8) is 0 Å². The Morgan fingerprint density at radius 1 is 1.24 bits per heavy atom. The Morgan fingerprint density at radius 2 is 1.82 bits per heavy atom. The second-order valence-electron chi connectivity index (χ2n) is 5.06. The fourth-order valence-electron chi connectivity index (χ4n) is 1.38. The summed E-state index contributed by atoms with van der Waals surface area (Å²) in [6.07, 6.45) is 2.67. The maximum absolute atomic E-state index is 11.6. The van der Waals surface area contributed by atoms with E-state index >= 15 is 0 Å². The molecule has 17 heavy (non-hydrogen) atoms. The van der Waals surface area contributed by atoms with Crippen LogP contribution in [-0.2, 0) is 14.3 Å². The van der Waals surface area contributed by atoms with Crippen molar-refractivity contribution in [2.45, 2.75) is 52.1 Å². The highest BCUT2D eigenvalue weighted by atomic mass is 16.6. The number of aliphatic carboxylic acids is 1. The van der Waals surface area contributed by atoms with Gasteiger partial charge in [-0.3, -0.25) is 9.59 Å². The van der Waals surface area contributed by atoms with Gasteiger partial charge in [-0.15, -0.1) is 0 Å². The van der Waals surface area contributed by atoms with Crippen LogP contribution >= 0.6 is 0 Å². The summed E-state index contributed by atoms with van der Waals surface area (Å²) < 4.78 is 5.07. The van der Waals surface area contributed by atoms with Crippen molar-refractivity contribution >= 4 is 11.9 Å². The molecule has 0 heterocycles. The Kier molecular flexibility index (Phi) is 6.80. The minimum Gasteiger partial charge on any atom is -0.481 e. The van der Waals surface area contributed by atoms with Gasteiger partial charge in [-0.1, -0.05) is 12.8 Å². The molecule has 0 saturated carbocycles. The first-order valence-corrected chi connectivity index (χ1v) is 5.93. The van der Waals surface area contributed by atoms with E-state index in [1.165, 1.54) is 0 Å². The first-order chi connectivity index (χ1) is 7.78. The van der Waals surface area contributed by atoms with E-state index in [1.54, 1.807) is 20.8 Å². The van der Waals surface area contributed by atoms with Gasteiger partial charge in [0, 0.05) is 0 Å². The van der Waals surface area contributed by atoms with Gasteiger partial charge in [-0.25, -0.2) is 0 Å². The summed E-state index contributed by atoms with van der Waals surface area (Å²) in [5.41, 5.74) is 4.69. The number of carbonyl (C=O) groups excluding carboxylic acids is 1. The Balaban J connectivity index is 4.23. The normalized spacial score (nSPS) is 13.2. The van der Waals surface area contributed by atoms with Crippen LogP contribution in [0.15, 0.2) is 0 Å². The highest BCUT2D eigenvalue weighted by Crippen LogP contribution is 2.16. The second-order valence-corrected chi connectivity index (χ2v) is 5.06. The zero-order valence-corrected chi connectivity index (χ0v) is 10.9. The number of hydrogen-bond acceptors (Lipinski definition) is 4. The molecule has 0 bridgehead atoms. The van der Waals surface area contributed by atoms with Crippen LogP contribution in [0.1, 0.15) is 46.5 Å². The van der Waals surface area contributed by atoms with Crippen molar-refractivity contribution in [3.8, 4) is 0 Å².